The topological polar surface area (TPSA) is 96.7 Å². The fourth-order valence-electron chi connectivity index (χ4n) is 1.69. The Morgan fingerprint density at radius 2 is 2.14 bits per heavy atom. The summed E-state index contributed by atoms with van der Waals surface area (Å²) in [5.74, 6) is -0.301. The van der Waals surface area contributed by atoms with Crippen LogP contribution < -0.4 is 11.1 Å². The summed E-state index contributed by atoms with van der Waals surface area (Å²) in [5, 5.41) is 11.0. The second-order valence-corrected chi connectivity index (χ2v) is 5.24. The van der Waals surface area contributed by atoms with E-state index in [0.717, 1.165) is 22.2 Å². The van der Waals surface area contributed by atoms with E-state index in [2.05, 4.69) is 20.5 Å². The molecule has 0 aliphatic rings. The number of aromatic amines is 1. The van der Waals surface area contributed by atoms with E-state index in [-0.39, 0.29) is 46.0 Å². The van der Waals surface area contributed by atoms with Crippen LogP contribution in [0.25, 0.3) is 10.9 Å². The Bertz CT molecular complexity index is 772. The van der Waals surface area contributed by atoms with E-state index in [1.807, 2.05) is 0 Å². The van der Waals surface area contributed by atoms with Gasteiger partial charge in [-0.15, -0.1) is 0 Å². The number of benzene rings is 1. The van der Waals surface area contributed by atoms with Gasteiger partial charge in [0.1, 0.15) is 4.88 Å². The quantitative estimate of drug-likeness (QED) is 0.579. The molecule has 6 nitrogen and oxygen atoms in total. The van der Waals surface area contributed by atoms with Crippen LogP contribution >= 0.6 is 22.9 Å². The van der Waals surface area contributed by atoms with Crippen LogP contribution in [0.5, 0.6) is 0 Å². The molecule has 0 fully saturated rings. The third kappa shape index (κ3) is 3.60. The van der Waals surface area contributed by atoms with Crippen molar-refractivity contribution in [3.8, 4) is 0 Å². The number of nitrogens with one attached hydrogen (secondary N) is 2. The summed E-state index contributed by atoms with van der Waals surface area (Å²) in [4.78, 5) is 16.3. The van der Waals surface area contributed by atoms with E-state index < -0.39 is 0 Å². The van der Waals surface area contributed by atoms with E-state index in [4.69, 9.17) is 17.3 Å². The zero-order valence-corrected chi connectivity index (χ0v) is 15.5. The number of nitrogens with zero attached hydrogens (tertiary/aromatic N) is 2. The zero-order valence-electron chi connectivity index (χ0n) is 11.1. The second-order valence-electron chi connectivity index (χ2n) is 3.77. The first-order valence-electron chi connectivity index (χ1n) is 5.29. The molecule has 1 aromatic carbocycles. The molecule has 1 amide bonds. The number of H-pyrrole nitrogens is 1. The molecule has 0 saturated carbocycles. The maximum absolute atomic E-state index is 12.1. The minimum absolute atomic E-state index is 0. The van der Waals surface area contributed by atoms with Crippen LogP contribution in [0.2, 0.25) is 5.02 Å². The van der Waals surface area contributed by atoms with Gasteiger partial charge < -0.3 is 18.5 Å². The van der Waals surface area contributed by atoms with Gasteiger partial charge in [-0.3, -0.25) is 9.89 Å². The monoisotopic (exact) mass is 397 g/mol. The normalized spacial score (nSPS) is 9.76. The smallest absolute Gasteiger partial charge is 0.267 e. The molecule has 21 heavy (non-hydrogen) atoms. The summed E-state index contributed by atoms with van der Waals surface area (Å²) in [5.41, 5.74) is 6.81. The molecule has 107 valence electrons. The van der Waals surface area contributed by atoms with Crippen LogP contribution in [0.15, 0.2) is 24.5 Å². The molecule has 2 heterocycles. The van der Waals surface area contributed by atoms with Crippen LogP contribution in [0.1, 0.15) is 9.67 Å². The number of anilines is 2. The van der Waals surface area contributed by atoms with E-state index in [1.165, 1.54) is 6.20 Å². The van der Waals surface area contributed by atoms with Crippen LogP contribution in [0.3, 0.4) is 0 Å². The second kappa shape index (κ2) is 7.31. The molecular formula is C12H11ClN5OSY-. The molecule has 4 N–H and O–H groups in total. The van der Waals surface area contributed by atoms with Gasteiger partial charge in [-0.05, 0) is 12.1 Å². The summed E-state index contributed by atoms with van der Waals surface area (Å²) in [6, 6.07) is 3.49. The third-order valence-electron chi connectivity index (χ3n) is 2.56. The Morgan fingerprint density at radius 1 is 1.38 bits per heavy atom. The molecule has 0 saturated heterocycles. The standard InChI is InChI=1S/C11H8ClN5OS.CH3.Y/c12-6-1-2-7-5(3-15-17-7)9(6)16-10(18)8-4-14-11(13)19-8;;/h1-4H,(H2,13,14)(H,15,17)(H,16,18);1H3;/q;-1;. The first kappa shape index (κ1) is 18.0. The molecule has 3 rings (SSSR count). The number of halogens is 1. The van der Waals surface area contributed by atoms with Crippen LogP contribution in [0.4, 0.5) is 10.8 Å². The first-order chi connectivity index (χ1) is 9.15. The molecule has 0 aliphatic heterocycles. The van der Waals surface area contributed by atoms with E-state index >= 15 is 0 Å². The van der Waals surface area contributed by atoms with Crippen molar-refractivity contribution in [2.75, 3.05) is 11.1 Å². The third-order valence-corrected chi connectivity index (χ3v) is 3.70. The summed E-state index contributed by atoms with van der Waals surface area (Å²) in [6.07, 6.45) is 3.04. The van der Waals surface area contributed by atoms with Crippen molar-refractivity contribution in [1.29, 1.82) is 0 Å². The minimum Gasteiger partial charge on any atom is -0.375 e. The van der Waals surface area contributed by atoms with Crippen molar-refractivity contribution >= 4 is 50.6 Å². The molecule has 9 heteroatoms. The van der Waals surface area contributed by atoms with Crippen molar-refractivity contribution in [1.82, 2.24) is 15.2 Å². The number of carbonyl (C=O) groups is 1. The molecule has 0 aliphatic carbocycles. The fraction of sp³-hybridized carbons (Fsp3) is 0. The van der Waals surface area contributed by atoms with Gasteiger partial charge in [0.15, 0.2) is 5.13 Å². The van der Waals surface area contributed by atoms with Crippen molar-refractivity contribution in [3.63, 3.8) is 0 Å². The number of fused-ring (bicyclic) bond motifs is 1. The average Bonchev–Trinajstić information content (AvgIpc) is 3.01. The Hall–Kier alpha value is -1.02. The molecule has 0 unspecified atom stereocenters. The molecular weight excluding hydrogens is 387 g/mol. The van der Waals surface area contributed by atoms with Crippen LogP contribution in [0, 0.1) is 7.43 Å². The van der Waals surface area contributed by atoms with Crippen molar-refractivity contribution in [2.45, 2.75) is 0 Å². The van der Waals surface area contributed by atoms with E-state index in [1.54, 1.807) is 18.3 Å². The maximum atomic E-state index is 12.1. The van der Waals surface area contributed by atoms with Gasteiger partial charge in [-0.25, -0.2) is 4.98 Å². The number of amides is 1. The first-order valence-corrected chi connectivity index (χ1v) is 6.49. The van der Waals surface area contributed by atoms with Crippen LogP contribution in [-0.4, -0.2) is 21.1 Å². The molecule has 0 spiro atoms. The average molecular weight is 398 g/mol. The van der Waals surface area contributed by atoms with Gasteiger partial charge in [-0.2, -0.15) is 5.10 Å². The van der Waals surface area contributed by atoms with Gasteiger partial charge in [0.05, 0.1) is 28.6 Å². The zero-order chi connectivity index (χ0) is 13.4. The van der Waals surface area contributed by atoms with Gasteiger partial charge in [0.2, 0.25) is 0 Å². The maximum Gasteiger partial charge on any atom is 0.267 e. The Labute approximate surface area is 155 Å². The van der Waals surface area contributed by atoms with Gasteiger partial charge in [0, 0.05) is 38.1 Å². The van der Waals surface area contributed by atoms with Gasteiger partial charge >= 0.3 is 0 Å². The summed E-state index contributed by atoms with van der Waals surface area (Å²) < 4.78 is 0. The number of hydrogen-bond acceptors (Lipinski definition) is 5. The van der Waals surface area contributed by atoms with Gasteiger partial charge in [-0.1, -0.05) is 22.9 Å². The van der Waals surface area contributed by atoms with Crippen molar-refractivity contribution in [2.24, 2.45) is 0 Å². The number of nitrogens with two attached hydrogens (primary N) is 1. The number of nitrogen functional groups attached to an aromatic ring is 1. The molecule has 2 aromatic heterocycles. The van der Waals surface area contributed by atoms with Crippen molar-refractivity contribution in [3.05, 3.63) is 41.9 Å². The fourth-order valence-corrected chi connectivity index (χ4v) is 2.48. The SMILES string of the molecule is Nc1ncc(C(=O)Nc2c(Cl)ccc3[nH]ncc23)s1.[CH3-].[Y]. The number of carbonyl (C=O) groups excluding carboxylic acids is 1. The largest absolute Gasteiger partial charge is 0.375 e. The number of rotatable bonds is 2. The molecule has 3 aromatic rings. The Morgan fingerprint density at radius 3 is 2.81 bits per heavy atom. The van der Waals surface area contributed by atoms with E-state index in [9.17, 15) is 4.79 Å². The van der Waals surface area contributed by atoms with Crippen LogP contribution in [-0.2, 0) is 32.7 Å². The number of thiazole rings is 1. The number of hydrogen-bond donors (Lipinski definition) is 3. The molecule has 0 bridgehead atoms. The Kier molecular flexibility index (Phi) is 6.28. The summed E-state index contributed by atoms with van der Waals surface area (Å²) in [6.45, 7) is 0. The summed E-state index contributed by atoms with van der Waals surface area (Å²) >= 11 is 7.22. The Balaban J connectivity index is 0.00000110. The van der Waals surface area contributed by atoms with E-state index in [0.29, 0.717) is 20.7 Å². The predicted molar refractivity (Wildman–Crippen MR) is 82.0 cm³/mol. The number of aromatic nitrogens is 3. The van der Waals surface area contributed by atoms with Gasteiger partial charge in [0.25, 0.3) is 5.91 Å². The predicted octanol–water partition coefficient (Wildman–Crippen LogP) is 2.96. The molecule has 1 radical (unpaired) electrons. The molecule has 0 atom stereocenters. The van der Waals surface area contributed by atoms with Crippen molar-refractivity contribution < 1.29 is 37.5 Å². The minimum atomic E-state index is -0.301. The summed E-state index contributed by atoms with van der Waals surface area (Å²) in [7, 11) is 0.